The second kappa shape index (κ2) is 6.75. The summed E-state index contributed by atoms with van der Waals surface area (Å²) in [7, 11) is 0. The highest BCUT2D eigenvalue weighted by molar-refractivity contribution is 5.86. The molecule has 0 aliphatic heterocycles. The Bertz CT molecular complexity index is 965. The lowest BCUT2D eigenvalue weighted by molar-refractivity contribution is -0.116. The Morgan fingerprint density at radius 1 is 1.23 bits per heavy atom. The lowest BCUT2D eigenvalue weighted by Gasteiger charge is -2.19. The molecule has 0 aliphatic carbocycles. The van der Waals surface area contributed by atoms with Crippen molar-refractivity contribution in [3.63, 3.8) is 0 Å². The molecule has 5 heteroatoms. The van der Waals surface area contributed by atoms with Crippen LogP contribution in [0.2, 0.25) is 0 Å². The molecule has 0 fully saturated rings. The Hall–Kier alpha value is -2.95. The van der Waals surface area contributed by atoms with Crippen LogP contribution in [-0.4, -0.2) is 15.3 Å². The van der Waals surface area contributed by atoms with Crippen molar-refractivity contribution in [1.82, 2.24) is 14.7 Å². The van der Waals surface area contributed by atoms with Crippen LogP contribution in [0.4, 0.5) is 4.39 Å². The van der Waals surface area contributed by atoms with Crippen LogP contribution in [0.15, 0.2) is 55.3 Å². The molecule has 3 rings (SSSR count). The van der Waals surface area contributed by atoms with Crippen molar-refractivity contribution in [2.75, 3.05) is 0 Å². The van der Waals surface area contributed by atoms with E-state index in [1.54, 1.807) is 12.3 Å². The number of carbonyl (C=O) groups is 1. The summed E-state index contributed by atoms with van der Waals surface area (Å²) in [6.45, 7) is 10.1. The first-order valence-corrected chi connectivity index (χ1v) is 8.47. The molecule has 1 aromatic carbocycles. The van der Waals surface area contributed by atoms with Gasteiger partial charge in [0.25, 0.3) is 0 Å². The van der Waals surface area contributed by atoms with E-state index in [4.69, 9.17) is 0 Å². The number of nitrogens with one attached hydrogen (secondary N) is 1. The number of halogens is 1. The normalized spacial score (nSPS) is 11.5. The second-order valence-electron chi connectivity index (χ2n) is 7.24. The molecule has 2 heterocycles. The third-order valence-corrected chi connectivity index (χ3v) is 4.30. The first kappa shape index (κ1) is 17.9. The number of hydrogen-bond donors (Lipinski definition) is 1. The number of aromatic nitrogens is 2. The van der Waals surface area contributed by atoms with Gasteiger partial charge in [-0.1, -0.05) is 51.6 Å². The zero-order valence-corrected chi connectivity index (χ0v) is 15.2. The summed E-state index contributed by atoms with van der Waals surface area (Å²) in [5.41, 5.74) is 4.10. The standard InChI is InChI=1S/C21H22FN3O/c1-5-19(26)23-12-16-13-25-17(10-11-18(25)22)20(24-16)14-6-8-15(9-7-14)21(2,3)4/h5-11,13H,1,12H2,2-4H3,(H,23,26). The molecule has 134 valence electrons. The fourth-order valence-electron chi connectivity index (χ4n) is 2.80. The summed E-state index contributed by atoms with van der Waals surface area (Å²) in [5.74, 6) is -0.665. The molecule has 1 amide bonds. The van der Waals surface area contributed by atoms with Crippen molar-refractivity contribution in [3.8, 4) is 11.3 Å². The Morgan fingerprint density at radius 2 is 1.92 bits per heavy atom. The molecule has 1 N–H and O–H groups in total. The van der Waals surface area contributed by atoms with E-state index in [2.05, 4.69) is 49.8 Å². The van der Waals surface area contributed by atoms with E-state index in [0.717, 1.165) is 5.56 Å². The molecule has 0 saturated heterocycles. The van der Waals surface area contributed by atoms with E-state index in [1.165, 1.54) is 22.1 Å². The fraction of sp³-hybridized carbons (Fsp3) is 0.238. The predicted molar refractivity (Wildman–Crippen MR) is 101 cm³/mol. The number of carbonyl (C=O) groups excluding carboxylic acids is 1. The van der Waals surface area contributed by atoms with E-state index in [9.17, 15) is 9.18 Å². The average molecular weight is 351 g/mol. The number of hydrogen-bond acceptors (Lipinski definition) is 2. The molecule has 4 nitrogen and oxygen atoms in total. The van der Waals surface area contributed by atoms with Crippen LogP contribution in [0.3, 0.4) is 0 Å². The monoisotopic (exact) mass is 351 g/mol. The Balaban J connectivity index is 2.06. The molecule has 0 radical (unpaired) electrons. The van der Waals surface area contributed by atoms with Gasteiger partial charge in [-0.2, -0.15) is 4.39 Å². The molecule has 3 aromatic rings. The van der Waals surface area contributed by atoms with Crippen molar-refractivity contribution in [1.29, 1.82) is 0 Å². The summed E-state index contributed by atoms with van der Waals surface area (Å²) in [4.78, 5) is 16.1. The first-order chi connectivity index (χ1) is 12.3. The summed E-state index contributed by atoms with van der Waals surface area (Å²) in [5, 5.41) is 2.68. The number of benzene rings is 1. The van der Waals surface area contributed by atoms with Crippen LogP contribution >= 0.6 is 0 Å². The van der Waals surface area contributed by atoms with Crippen LogP contribution in [0.5, 0.6) is 0 Å². The van der Waals surface area contributed by atoms with Gasteiger partial charge in [0.05, 0.1) is 23.4 Å². The minimum atomic E-state index is -0.369. The largest absolute Gasteiger partial charge is 0.347 e. The molecular formula is C21H22FN3O. The highest BCUT2D eigenvalue weighted by Crippen LogP contribution is 2.28. The first-order valence-electron chi connectivity index (χ1n) is 8.47. The molecular weight excluding hydrogens is 329 g/mol. The SMILES string of the molecule is C=CC(=O)NCc1cn2c(F)ccc2c(-c2ccc(C(C)(C)C)cc2)n1. The van der Waals surface area contributed by atoms with E-state index < -0.39 is 0 Å². The number of fused-ring (bicyclic) bond motifs is 1. The van der Waals surface area contributed by atoms with Crippen LogP contribution < -0.4 is 5.32 Å². The van der Waals surface area contributed by atoms with Crippen LogP contribution in [0.25, 0.3) is 16.8 Å². The van der Waals surface area contributed by atoms with Gasteiger partial charge in [-0.15, -0.1) is 0 Å². The van der Waals surface area contributed by atoms with Gasteiger partial charge in [-0.05, 0) is 29.2 Å². The minimum Gasteiger partial charge on any atom is -0.347 e. The quantitative estimate of drug-likeness (QED) is 0.715. The second-order valence-corrected chi connectivity index (χ2v) is 7.24. The maximum Gasteiger partial charge on any atom is 0.243 e. The molecule has 0 saturated carbocycles. The van der Waals surface area contributed by atoms with E-state index >= 15 is 0 Å². The number of nitrogens with zero attached hydrogens (tertiary/aromatic N) is 2. The van der Waals surface area contributed by atoms with Crippen LogP contribution in [-0.2, 0) is 16.8 Å². The van der Waals surface area contributed by atoms with E-state index in [0.29, 0.717) is 16.9 Å². The third-order valence-electron chi connectivity index (χ3n) is 4.30. The van der Waals surface area contributed by atoms with Gasteiger partial charge >= 0.3 is 0 Å². The Morgan fingerprint density at radius 3 is 2.54 bits per heavy atom. The zero-order chi connectivity index (χ0) is 18.9. The van der Waals surface area contributed by atoms with Crippen molar-refractivity contribution in [2.45, 2.75) is 32.7 Å². The maximum absolute atomic E-state index is 14.1. The van der Waals surface area contributed by atoms with Gasteiger partial charge < -0.3 is 5.32 Å². The Labute approximate surface area is 152 Å². The summed E-state index contributed by atoms with van der Waals surface area (Å²) >= 11 is 0. The van der Waals surface area contributed by atoms with Gasteiger partial charge in [0.15, 0.2) is 5.95 Å². The van der Waals surface area contributed by atoms with Gasteiger partial charge in [-0.3, -0.25) is 9.20 Å². The minimum absolute atomic E-state index is 0.0548. The fourth-order valence-corrected chi connectivity index (χ4v) is 2.80. The smallest absolute Gasteiger partial charge is 0.243 e. The van der Waals surface area contributed by atoms with E-state index in [-0.39, 0.29) is 23.8 Å². The summed E-state index contributed by atoms with van der Waals surface area (Å²) in [6.07, 6.45) is 2.79. The van der Waals surface area contributed by atoms with Crippen molar-refractivity contribution < 1.29 is 9.18 Å². The van der Waals surface area contributed by atoms with Gasteiger partial charge in [0, 0.05) is 11.8 Å². The summed E-state index contributed by atoms with van der Waals surface area (Å²) in [6, 6.07) is 11.3. The lowest BCUT2D eigenvalue weighted by atomic mass is 9.86. The van der Waals surface area contributed by atoms with Crippen molar-refractivity contribution in [2.24, 2.45) is 0 Å². The third kappa shape index (κ3) is 3.52. The molecule has 0 bridgehead atoms. The topological polar surface area (TPSA) is 46.4 Å². The van der Waals surface area contributed by atoms with Crippen molar-refractivity contribution >= 4 is 11.4 Å². The predicted octanol–water partition coefficient (Wildman–Crippen LogP) is 4.24. The van der Waals surface area contributed by atoms with Crippen LogP contribution in [0.1, 0.15) is 32.0 Å². The number of rotatable bonds is 4. The van der Waals surface area contributed by atoms with E-state index in [1.807, 2.05) is 12.1 Å². The molecule has 0 atom stereocenters. The zero-order valence-electron chi connectivity index (χ0n) is 15.2. The lowest BCUT2D eigenvalue weighted by Crippen LogP contribution is -2.21. The number of amides is 1. The van der Waals surface area contributed by atoms with Crippen LogP contribution in [0, 0.1) is 5.95 Å². The van der Waals surface area contributed by atoms with Crippen molar-refractivity contribution in [3.05, 3.63) is 72.5 Å². The molecule has 0 unspecified atom stereocenters. The highest BCUT2D eigenvalue weighted by atomic mass is 19.1. The van der Waals surface area contributed by atoms with Gasteiger partial charge in [0.2, 0.25) is 5.91 Å². The summed E-state index contributed by atoms with van der Waals surface area (Å²) < 4.78 is 15.6. The van der Waals surface area contributed by atoms with Gasteiger partial charge in [0.1, 0.15) is 0 Å². The maximum atomic E-state index is 14.1. The van der Waals surface area contributed by atoms with Gasteiger partial charge in [-0.25, -0.2) is 4.98 Å². The highest BCUT2D eigenvalue weighted by Gasteiger charge is 2.15. The molecule has 26 heavy (non-hydrogen) atoms. The Kier molecular flexibility index (Phi) is 4.64. The molecule has 0 aliphatic rings. The average Bonchev–Trinajstić information content (AvgIpc) is 2.99. The molecule has 2 aromatic heterocycles. The molecule has 0 spiro atoms.